The molecule has 152 valence electrons. The van der Waals surface area contributed by atoms with Crippen LogP contribution in [0.4, 0.5) is 10.5 Å². The number of hydrogen-bond donors (Lipinski definition) is 2. The van der Waals surface area contributed by atoms with Crippen molar-refractivity contribution < 1.29 is 24.0 Å². The van der Waals surface area contributed by atoms with Gasteiger partial charge in [-0.2, -0.15) is 0 Å². The number of fused-ring (bicyclic) bond motifs is 1. The Morgan fingerprint density at radius 3 is 2.57 bits per heavy atom. The molecule has 1 atom stereocenters. The van der Waals surface area contributed by atoms with Gasteiger partial charge in [-0.3, -0.25) is 19.7 Å². The third kappa shape index (κ3) is 5.66. The van der Waals surface area contributed by atoms with Gasteiger partial charge < -0.3 is 20.7 Å². The number of nitro groups is 1. The molecule has 3 N–H and O–H groups in total. The molecule has 1 aromatic rings. The van der Waals surface area contributed by atoms with Crippen LogP contribution in [0.1, 0.15) is 38.3 Å². The van der Waals surface area contributed by atoms with Crippen molar-refractivity contribution in [2.75, 3.05) is 6.54 Å². The largest absolute Gasteiger partial charge is 0.444 e. The first-order valence-electron chi connectivity index (χ1n) is 8.79. The number of hydrogen-bond acceptors (Lipinski definition) is 6. The number of alkyl carbamates (subject to hydrolysis) is 1. The Hall–Kier alpha value is -3.17. The molecule has 28 heavy (non-hydrogen) atoms. The van der Waals surface area contributed by atoms with Crippen molar-refractivity contribution in [2.24, 2.45) is 5.73 Å². The van der Waals surface area contributed by atoms with Crippen LogP contribution in [0.2, 0.25) is 0 Å². The predicted octanol–water partition coefficient (Wildman–Crippen LogP) is 1.25. The molecule has 2 rings (SSSR count). The molecule has 3 amide bonds. The van der Waals surface area contributed by atoms with E-state index in [1.807, 2.05) is 0 Å². The van der Waals surface area contributed by atoms with Gasteiger partial charge in [-0.15, -0.1) is 0 Å². The van der Waals surface area contributed by atoms with E-state index < -0.39 is 34.5 Å². The molecule has 0 radical (unpaired) electrons. The van der Waals surface area contributed by atoms with E-state index in [4.69, 9.17) is 10.5 Å². The van der Waals surface area contributed by atoms with Gasteiger partial charge >= 0.3 is 6.09 Å². The number of nitrogens with two attached hydrogens (primary N) is 1. The second-order valence-electron chi connectivity index (χ2n) is 7.59. The Bertz CT molecular complexity index is 802. The maximum absolute atomic E-state index is 12.9. The van der Waals surface area contributed by atoms with Crippen LogP contribution in [0.5, 0.6) is 0 Å². The van der Waals surface area contributed by atoms with Gasteiger partial charge in [0.05, 0.1) is 11.3 Å². The van der Waals surface area contributed by atoms with Crippen LogP contribution < -0.4 is 11.1 Å². The van der Waals surface area contributed by atoms with E-state index >= 15 is 0 Å². The average molecular weight is 392 g/mol. The Morgan fingerprint density at radius 2 is 2.00 bits per heavy atom. The van der Waals surface area contributed by atoms with Gasteiger partial charge in [0.25, 0.3) is 5.69 Å². The van der Waals surface area contributed by atoms with Gasteiger partial charge in [-0.05, 0) is 38.3 Å². The molecule has 1 unspecified atom stereocenters. The molecule has 0 bridgehead atoms. The van der Waals surface area contributed by atoms with Gasteiger partial charge in [0.2, 0.25) is 11.8 Å². The van der Waals surface area contributed by atoms with E-state index in [9.17, 15) is 24.5 Å². The minimum atomic E-state index is -1.17. The zero-order valence-electron chi connectivity index (χ0n) is 16.1. The summed E-state index contributed by atoms with van der Waals surface area (Å²) < 4.78 is 5.14. The van der Waals surface area contributed by atoms with Gasteiger partial charge in [0.15, 0.2) is 0 Å². The number of non-ortho nitro benzene ring substituents is 1. The summed E-state index contributed by atoms with van der Waals surface area (Å²) in [7, 11) is 0. The van der Waals surface area contributed by atoms with Crippen LogP contribution in [-0.2, 0) is 27.3 Å². The predicted molar refractivity (Wildman–Crippen MR) is 99.2 cm³/mol. The third-order valence-electron chi connectivity index (χ3n) is 4.12. The molecule has 10 nitrogen and oxygen atoms in total. The summed E-state index contributed by atoms with van der Waals surface area (Å²) in [4.78, 5) is 48.2. The number of benzene rings is 1. The number of ether oxygens (including phenoxy) is 1. The lowest BCUT2D eigenvalue weighted by molar-refractivity contribution is -0.385. The Kier molecular flexibility index (Phi) is 6.22. The van der Waals surface area contributed by atoms with Crippen LogP contribution in [0.15, 0.2) is 18.2 Å². The van der Waals surface area contributed by atoms with Crippen LogP contribution >= 0.6 is 0 Å². The summed E-state index contributed by atoms with van der Waals surface area (Å²) in [6.07, 6.45) is -0.703. The van der Waals surface area contributed by atoms with E-state index in [-0.39, 0.29) is 18.7 Å². The van der Waals surface area contributed by atoms with Crippen LogP contribution in [0.3, 0.4) is 0 Å². The van der Waals surface area contributed by atoms with Crippen molar-refractivity contribution in [3.8, 4) is 0 Å². The smallest absolute Gasteiger partial charge is 0.408 e. The Labute approximate surface area is 162 Å². The first-order valence-corrected chi connectivity index (χ1v) is 8.79. The Balaban J connectivity index is 2.15. The van der Waals surface area contributed by atoms with Crippen molar-refractivity contribution in [3.05, 3.63) is 39.4 Å². The number of nitrogens with zero attached hydrogens (tertiary/aromatic N) is 2. The van der Waals surface area contributed by atoms with Crippen molar-refractivity contribution in [1.82, 2.24) is 10.2 Å². The lowest BCUT2D eigenvalue weighted by Crippen LogP contribution is -2.52. The molecule has 0 saturated heterocycles. The third-order valence-corrected chi connectivity index (χ3v) is 4.12. The molecule has 0 aromatic heterocycles. The second kappa shape index (κ2) is 8.24. The molecular formula is C18H24N4O6. The fourth-order valence-electron chi connectivity index (χ4n) is 2.92. The Morgan fingerprint density at radius 1 is 1.32 bits per heavy atom. The highest BCUT2D eigenvalue weighted by Crippen LogP contribution is 2.24. The van der Waals surface area contributed by atoms with Crippen LogP contribution in [0, 0.1) is 10.1 Å². The minimum Gasteiger partial charge on any atom is -0.444 e. The SMILES string of the molecule is CC(C)(C)OC(=O)NC(CC(N)=O)C(=O)N1CCc2ccc([N+](=O)[O-])cc2C1. The number of carbonyl (C=O) groups excluding carboxylic acids is 3. The zero-order valence-corrected chi connectivity index (χ0v) is 16.1. The number of amides is 3. The molecule has 10 heteroatoms. The molecule has 1 aromatic carbocycles. The summed E-state index contributed by atoms with van der Waals surface area (Å²) in [6.45, 7) is 5.51. The van der Waals surface area contributed by atoms with E-state index in [0.717, 1.165) is 5.56 Å². The van der Waals surface area contributed by atoms with Gasteiger partial charge in [0, 0.05) is 25.2 Å². The number of rotatable bonds is 5. The van der Waals surface area contributed by atoms with Gasteiger partial charge in [-0.25, -0.2) is 4.79 Å². The quantitative estimate of drug-likeness (QED) is 0.570. The topological polar surface area (TPSA) is 145 Å². The molecule has 0 saturated carbocycles. The van der Waals surface area contributed by atoms with Crippen molar-refractivity contribution in [3.63, 3.8) is 0 Å². The fourth-order valence-corrected chi connectivity index (χ4v) is 2.92. The van der Waals surface area contributed by atoms with Crippen LogP contribution in [0.25, 0.3) is 0 Å². The van der Waals surface area contributed by atoms with E-state index in [1.54, 1.807) is 26.8 Å². The normalized spacial score (nSPS) is 14.6. The number of nitrogens with one attached hydrogen (secondary N) is 1. The number of nitro benzene ring substituents is 1. The molecular weight excluding hydrogens is 368 g/mol. The first kappa shape index (κ1) is 21.1. The molecule has 0 fully saturated rings. The van der Waals surface area contributed by atoms with Crippen molar-refractivity contribution in [2.45, 2.75) is 51.8 Å². The van der Waals surface area contributed by atoms with Gasteiger partial charge in [-0.1, -0.05) is 6.07 Å². The van der Waals surface area contributed by atoms with E-state index in [1.165, 1.54) is 17.0 Å². The first-order chi connectivity index (χ1) is 13.0. The lowest BCUT2D eigenvalue weighted by atomic mass is 9.98. The highest BCUT2D eigenvalue weighted by molar-refractivity contribution is 5.90. The lowest BCUT2D eigenvalue weighted by Gasteiger charge is -2.32. The molecule has 0 spiro atoms. The summed E-state index contributed by atoms with van der Waals surface area (Å²) >= 11 is 0. The second-order valence-corrected chi connectivity index (χ2v) is 7.59. The summed E-state index contributed by atoms with van der Waals surface area (Å²) in [6, 6.07) is 3.36. The van der Waals surface area contributed by atoms with Gasteiger partial charge in [0.1, 0.15) is 11.6 Å². The summed E-state index contributed by atoms with van der Waals surface area (Å²) in [5, 5.41) is 13.4. The maximum Gasteiger partial charge on any atom is 0.408 e. The average Bonchev–Trinajstić information content (AvgIpc) is 2.57. The number of carbonyl (C=O) groups is 3. The zero-order chi connectivity index (χ0) is 21.1. The van der Waals surface area contributed by atoms with E-state index in [2.05, 4.69) is 5.32 Å². The standard InChI is InChI=1S/C18H24N4O6/c1-18(2,3)28-17(25)20-14(9-15(19)23)16(24)21-7-6-11-4-5-13(22(26)27)8-12(11)10-21/h4-5,8,14H,6-7,9-10H2,1-3H3,(H2,19,23)(H,20,25). The monoisotopic (exact) mass is 392 g/mol. The summed E-state index contributed by atoms with van der Waals surface area (Å²) in [5.74, 6) is -1.25. The molecule has 1 aliphatic rings. The summed E-state index contributed by atoms with van der Waals surface area (Å²) in [5.41, 5.74) is 5.96. The minimum absolute atomic E-state index is 0.0615. The maximum atomic E-state index is 12.9. The molecule has 0 aliphatic carbocycles. The highest BCUT2D eigenvalue weighted by Gasteiger charge is 2.31. The van der Waals surface area contributed by atoms with E-state index in [0.29, 0.717) is 18.5 Å². The molecule has 1 heterocycles. The fraction of sp³-hybridized carbons (Fsp3) is 0.500. The molecule has 1 aliphatic heterocycles. The van der Waals surface area contributed by atoms with Crippen LogP contribution in [-0.4, -0.2) is 45.9 Å². The van der Waals surface area contributed by atoms with Crippen molar-refractivity contribution >= 4 is 23.6 Å². The van der Waals surface area contributed by atoms with Crippen molar-refractivity contribution in [1.29, 1.82) is 0 Å². The number of primary amides is 1. The highest BCUT2D eigenvalue weighted by atomic mass is 16.6.